The molecule has 1 aromatic heterocycles. The first kappa shape index (κ1) is 13.4. The van der Waals surface area contributed by atoms with E-state index >= 15 is 0 Å². The minimum absolute atomic E-state index is 0.309. The van der Waals surface area contributed by atoms with Gasteiger partial charge in [-0.25, -0.2) is 9.07 Å². The molecule has 1 heterocycles. The summed E-state index contributed by atoms with van der Waals surface area (Å²) in [6.07, 6.45) is 1.77. The third-order valence-corrected chi connectivity index (χ3v) is 3.33. The number of aryl methyl sites for hydroxylation is 1. The molecule has 0 N–H and O–H groups in total. The van der Waals surface area contributed by atoms with Gasteiger partial charge in [0.2, 0.25) is 0 Å². The first-order valence-electron chi connectivity index (χ1n) is 5.75. The maximum atomic E-state index is 13.2. The van der Waals surface area contributed by atoms with Crippen LogP contribution in [0.5, 0.6) is 0 Å². The van der Waals surface area contributed by atoms with E-state index in [9.17, 15) is 4.39 Å². The summed E-state index contributed by atoms with van der Waals surface area (Å²) in [6, 6.07) is 6.17. The van der Waals surface area contributed by atoms with E-state index in [1.165, 1.54) is 16.8 Å². The molecule has 0 aliphatic carbocycles. The summed E-state index contributed by atoms with van der Waals surface area (Å²) in [5, 5.41) is 4.87. The Morgan fingerprint density at radius 2 is 2.17 bits per heavy atom. The van der Waals surface area contributed by atoms with Crippen molar-refractivity contribution in [3.05, 3.63) is 46.5 Å². The summed E-state index contributed by atoms with van der Waals surface area (Å²) < 4.78 is 14.7. The molecule has 0 atom stereocenters. The zero-order valence-corrected chi connectivity index (χ0v) is 11.5. The Labute approximate surface area is 115 Å². The highest BCUT2D eigenvalue weighted by Gasteiger charge is 2.16. The zero-order valence-electron chi connectivity index (χ0n) is 9.96. The van der Waals surface area contributed by atoms with E-state index in [0.717, 1.165) is 24.1 Å². The number of aromatic nitrogens is 2. The Morgan fingerprint density at radius 1 is 1.39 bits per heavy atom. The smallest absolute Gasteiger partial charge is 0.137 e. The average Bonchev–Trinajstić information content (AvgIpc) is 2.66. The number of nitrogens with zero attached hydrogens (tertiary/aromatic N) is 2. The van der Waals surface area contributed by atoms with Crippen molar-refractivity contribution in [3.63, 3.8) is 0 Å². The lowest BCUT2D eigenvalue weighted by atomic mass is 10.2. The van der Waals surface area contributed by atoms with Gasteiger partial charge in [-0.15, -0.1) is 11.6 Å². The molecule has 0 aliphatic heterocycles. The fraction of sp³-hybridized carbons (Fsp3) is 0.308. The monoisotopic (exact) mass is 286 g/mol. The van der Waals surface area contributed by atoms with Crippen LogP contribution < -0.4 is 0 Å². The van der Waals surface area contributed by atoms with Crippen LogP contribution in [0.2, 0.25) is 5.15 Å². The number of hydrogen-bond acceptors (Lipinski definition) is 1. The molecule has 18 heavy (non-hydrogen) atoms. The average molecular weight is 287 g/mol. The van der Waals surface area contributed by atoms with Gasteiger partial charge >= 0.3 is 0 Å². The lowest BCUT2D eigenvalue weighted by molar-refractivity contribution is 0.625. The highest BCUT2D eigenvalue weighted by atomic mass is 35.5. The van der Waals surface area contributed by atoms with E-state index < -0.39 is 0 Å². The summed E-state index contributed by atoms with van der Waals surface area (Å²) >= 11 is 12.1. The van der Waals surface area contributed by atoms with Crippen molar-refractivity contribution < 1.29 is 4.39 Å². The molecular weight excluding hydrogens is 274 g/mol. The fourth-order valence-corrected chi connectivity index (χ4v) is 2.48. The first-order chi connectivity index (χ1) is 8.67. The first-order valence-corrected chi connectivity index (χ1v) is 6.66. The van der Waals surface area contributed by atoms with Crippen LogP contribution in [0.15, 0.2) is 24.3 Å². The van der Waals surface area contributed by atoms with Crippen LogP contribution in [0.25, 0.3) is 5.69 Å². The van der Waals surface area contributed by atoms with Crippen molar-refractivity contribution in [1.29, 1.82) is 0 Å². The molecule has 2 aromatic rings. The molecule has 5 heteroatoms. The van der Waals surface area contributed by atoms with Gasteiger partial charge in [-0.1, -0.05) is 31.0 Å². The summed E-state index contributed by atoms with van der Waals surface area (Å²) in [7, 11) is 0. The molecule has 0 radical (unpaired) electrons. The van der Waals surface area contributed by atoms with E-state index in [1.807, 2.05) is 0 Å². The van der Waals surface area contributed by atoms with Crippen molar-refractivity contribution in [2.24, 2.45) is 0 Å². The summed E-state index contributed by atoms with van der Waals surface area (Å²) in [5.41, 5.74) is 2.31. The highest BCUT2D eigenvalue weighted by molar-refractivity contribution is 6.31. The topological polar surface area (TPSA) is 17.8 Å². The Bertz CT molecular complexity index is 552. The predicted octanol–water partition coefficient (Wildman–Crippen LogP) is 4.36. The van der Waals surface area contributed by atoms with Gasteiger partial charge in [0.05, 0.1) is 17.3 Å². The summed E-state index contributed by atoms with van der Waals surface area (Å²) in [5.74, 6) is -0.00716. The lowest BCUT2D eigenvalue weighted by Gasteiger charge is -2.02. The van der Waals surface area contributed by atoms with Crippen LogP contribution in [0.1, 0.15) is 24.6 Å². The van der Waals surface area contributed by atoms with Gasteiger partial charge in [0, 0.05) is 5.56 Å². The molecule has 0 aliphatic rings. The van der Waals surface area contributed by atoms with E-state index in [2.05, 4.69) is 12.0 Å². The van der Waals surface area contributed by atoms with Gasteiger partial charge in [0.25, 0.3) is 0 Å². The summed E-state index contributed by atoms with van der Waals surface area (Å²) in [6.45, 7) is 2.06. The van der Waals surface area contributed by atoms with Crippen LogP contribution in [0, 0.1) is 5.82 Å². The molecule has 2 rings (SSSR count). The van der Waals surface area contributed by atoms with Crippen molar-refractivity contribution >= 4 is 23.2 Å². The van der Waals surface area contributed by atoms with Crippen molar-refractivity contribution in [2.75, 3.05) is 0 Å². The van der Waals surface area contributed by atoms with E-state index in [0.29, 0.717) is 16.7 Å². The molecule has 0 saturated heterocycles. The molecule has 0 unspecified atom stereocenters. The fourth-order valence-electron chi connectivity index (χ4n) is 1.82. The standard InChI is InChI=1S/C13H13Cl2FN2/c1-2-4-12-11(8-14)13(15)18(17-12)10-6-3-5-9(16)7-10/h3,5-7H,2,4,8H2,1H3. The van der Waals surface area contributed by atoms with Crippen molar-refractivity contribution in [1.82, 2.24) is 9.78 Å². The molecular formula is C13H13Cl2FN2. The molecule has 96 valence electrons. The van der Waals surface area contributed by atoms with Gasteiger partial charge in [-0.2, -0.15) is 5.10 Å². The van der Waals surface area contributed by atoms with Crippen molar-refractivity contribution in [2.45, 2.75) is 25.6 Å². The molecule has 0 bridgehead atoms. The molecule has 0 spiro atoms. The Morgan fingerprint density at radius 3 is 2.78 bits per heavy atom. The largest absolute Gasteiger partial charge is 0.222 e. The van der Waals surface area contributed by atoms with Crippen LogP contribution in [-0.2, 0) is 12.3 Å². The quantitative estimate of drug-likeness (QED) is 0.764. The second-order valence-corrected chi connectivity index (χ2v) is 4.62. The molecule has 0 amide bonds. The van der Waals surface area contributed by atoms with Gasteiger partial charge in [-0.05, 0) is 24.6 Å². The van der Waals surface area contributed by atoms with Crippen LogP contribution in [0.3, 0.4) is 0 Å². The predicted molar refractivity (Wildman–Crippen MR) is 72.1 cm³/mol. The Kier molecular flexibility index (Phi) is 4.25. The third-order valence-electron chi connectivity index (χ3n) is 2.68. The van der Waals surface area contributed by atoms with Crippen molar-refractivity contribution in [3.8, 4) is 5.69 Å². The Hall–Kier alpha value is -1.06. The highest BCUT2D eigenvalue weighted by Crippen LogP contribution is 2.26. The van der Waals surface area contributed by atoms with Crippen LogP contribution in [0.4, 0.5) is 4.39 Å². The van der Waals surface area contributed by atoms with E-state index in [4.69, 9.17) is 23.2 Å². The SMILES string of the molecule is CCCc1nn(-c2cccc(F)c2)c(Cl)c1CCl. The van der Waals surface area contributed by atoms with Gasteiger partial charge in [-0.3, -0.25) is 0 Å². The normalized spacial score (nSPS) is 10.9. The number of rotatable bonds is 4. The lowest BCUT2D eigenvalue weighted by Crippen LogP contribution is -1.98. The summed E-state index contributed by atoms with van der Waals surface area (Å²) in [4.78, 5) is 0. The minimum Gasteiger partial charge on any atom is -0.222 e. The van der Waals surface area contributed by atoms with Gasteiger partial charge in [0.1, 0.15) is 11.0 Å². The molecule has 1 aromatic carbocycles. The number of alkyl halides is 1. The maximum absolute atomic E-state index is 13.2. The second-order valence-electron chi connectivity index (χ2n) is 3.99. The number of hydrogen-bond donors (Lipinski definition) is 0. The zero-order chi connectivity index (χ0) is 13.1. The van der Waals surface area contributed by atoms with Gasteiger partial charge < -0.3 is 0 Å². The van der Waals surface area contributed by atoms with Gasteiger partial charge in [0.15, 0.2) is 0 Å². The maximum Gasteiger partial charge on any atom is 0.137 e. The second kappa shape index (κ2) is 5.72. The molecule has 0 fully saturated rings. The minimum atomic E-state index is -0.316. The third kappa shape index (κ3) is 2.52. The van der Waals surface area contributed by atoms with E-state index in [-0.39, 0.29) is 5.82 Å². The van der Waals surface area contributed by atoms with Crippen LogP contribution in [-0.4, -0.2) is 9.78 Å². The number of halogens is 3. The van der Waals surface area contributed by atoms with Crippen LogP contribution >= 0.6 is 23.2 Å². The van der Waals surface area contributed by atoms with E-state index in [1.54, 1.807) is 12.1 Å². The Balaban J connectivity index is 2.51. The molecule has 2 nitrogen and oxygen atoms in total. The molecule has 0 saturated carbocycles. The number of benzene rings is 1.